The molecule has 0 atom stereocenters. The molecule has 0 radical (unpaired) electrons. The van der Waals surface area contributed by atoms with E-state index in [0.717, 1.165) is 21.4 Å². The quantitative estimate of drug-likeness (QED) is 0.513. The number of carbonyl (C=O) groups is 2. The average Bonchev–Trinajstić information content (AvgIpc) is 3.08. The molecule has 0 aliphatic heterocycles. The topological polar surface area (TPSA) is 89.2 Å². The summed E-state index contributed by atoms with van der Waals surface area (Å²) in [4.78, 5) is 39.6. The number of nitrogens with zero attached hydrogens (tertiary/aromatic N) is 4. The molecule has 2 aromatic carbocycles. The largest absolute Gasteiger partial charge is 0.416 e. The zero-order valence-corrected chi connectivity index (χ0v) is 20.8. The maximum absolute atomic E-state index is 13.1. The molecule has 1 heterocycles. The van der Waals surface area contributed by atoms with E-state index in [1.54, 1.807) is 52.2 Å². The number of halogens is 4. The number of hydrogen-bond donors (Lipinski definition) is 1. The van der Waals surface area contributed by atoms with E-state index in [2.05, 4.69) is 10.4 Å². The molecule has 3 aromatic rings. The van der Waals surface area contributed by atoms with Crippen molar-refractivity contribution in [3.05, 3.63) is 75.2 Å². The summed E-state index contributed by atoms with van der Waals surface area (Å²) in [5, 5.41) is 7.37. The fourth-order valence-corrected chi connectivity index (χ4v) is 3.58. The van der Waals surface area contributed by atoms with Gasteiger partial charge >= 0.3 is 11.9 Å². The minimum Gasteiger partial charge on any atom is -0.347 e. The van der Waals surface area contributed by atoms with Gasteiger partial charge in [0.1, 0.15) is 13.1 Å². The Kier molecular flexibility index (Phi) is 7.63. The van der Waals surface area contributed by atoms with Crippen molar-refractivity contribution >= 4 is 23.4 Å². The van der Waals surface area contributed by atoms with E-state index in [4.69, 9.17) is 11.6 Å². The van der Waals surface area contributed by atoms with Crippen molar-refractivity contribution in [3.63, 3.8) is 0 Å². The van der Waals surface area contributed by atoms with Crippen LogP contribution in [-0.4, -0.2) is 45.2 Å². The van der Waals surface area contributed by atoms with Gasteiger partial charge in [0, 0.05) is 24.7 Å². The molecule has 3 rings (SSSR count). The summed E-state index contributed by atoms with van der Waals surface area (Å²) in [7, 11) is 3.09. The molecule has 8 nitrogen and oxygen atoms in total. The molecule has 0 unspecified atom stereocenters. The highest BCUT2D eigenvalue weighted by Gasteiger charge is 2.32. The highest BCUT2D eigenvalue weighted by atomic mass is 35.5. The number of alkyl halides is 3. The molecule has 0 aliphatic carbocycles. The first-order chi connectivity index (χ1) is 16.7. The zero-order valence-electron chi connectivity index (χ0n) is 20.1. The number of likely N-dealkylation sites (N-methyl/N-ethyl adjacent to an activating group) is 1. The smallest absolute Gasteiger partial charge is 0.347 e. The second-order valence-corrected chi connectivity index (χ2v) is 9.33. The van der Waals surface area contributed by atoms with Crippen molar-refractivity contribution in [1.82, 2.24) is 24.6 Å². The molecule has 0 saturated heterocycles. The van der Waals surface area contributed by atoms with Gasteiger partial charge in [0.25, 0.3) is 0 Å². The van der Waals surface area contributed by atoms with Crippen molar-refractivity contribution < 1.29 is 22.8 Å². The first-order valence-electron chi connectivity index (χ1n) is 10.8. The van der Waals surface area contributed by atoms with Gasteiger partial charge in [-0.15, -0.1) is 5.10 Å². The van der Waals surface area contributed by atoms with Crippen LogP contribution >= 0.6 is 11.6 Å². The Bertz CT molecular complexity index is 1330. The van der Waals surface area contributed by atoms with E-state index in [1.807, 2.05) is 0 Å². The predicted molar refractivity (Wildman–Crippen MR) is 128 cm³/mol. The Morgan fingerprint density at radius 3 is 2.22 bits per heavy atom. The normalized spacial score (nSPS) is 11.9. The van der Waals surface area contributed by atoms with Crippen LogP contribution in [0.15, 0.2) is 53.3 Å². The Hall–Kier alpha value is -3.60. The molecular weight excluding hydrogens is 499 g/mol. The third kappa shape index (κ3) is 6.14. The molecule has 0 bridgehead atoms. The van der Waals surface area contributed by atoms with E-state index in [0.29, 0.717) is 10.6 Å². The summed E-state index contributed by atoms with van der Waals surface area (Å²) < 4.78 is 41.4. The molecule has 0 fully saturated rings. The summed E-state index contributed by atoms with van der Waals surface area (Å²) in [5.41, 5.74) is -1.96. The fourth-order valence-electron chi connectivity index (χ4n) is 3.46. The summed E-state index contributed by atoms with van der Waals surface area (Å²) >= 11 is 5.95. The van der Waals surface area contributed by atoms with Crippen LogP contribution in [0.25, 0.3) is 11.4 Å². The predicted octanol–water partition coefficient (Wildman–Crippen LogP) is 3.52. The van der Waals surface area contributed by atoms with Gasteiger partial charge in [0.15, 0.2) is 5.82 Å². The van der Waals surface area contributed by atoms with Crippen LogP contribution in [0, 0.1) is 0 Å². The van der Waals surface area contributed by atoms with Crippen molar-refractivity contribution in [1.29, 1.82) is 0 Å². The monoisotopic (exact) mass is 523 g/mol. The van der Waals surface area contributed by atoms with Crippen LogP contribution in [-0.2, 0) is 34.4 Å². The van der Waals surface area contributed by atoms with E-state index >= 15 is 0 Å². The maximum Gasteiger partial charge on any atom is 0.416 e. The molecular formula is C24H25ClF3N5O3. The lowest BCUT2D eigenvalue weighted by Gasteiger charge is -2.27. The van der Waals surface area contributed by atoms with Gasteiger partial charge in [-0.3, -0.25) is 14.2 Å². The van der Waals surface area contributed by atoms with Crippen LogP contribution in [0.3, 0.4) is 0 Å². The van der Waals surface area contributed by atoms with Gasteiger partial charge in [-0.05, 0) is 55.8 Å². The minimum absolute atomic E-state index is 0.164. The molecule has 36 heavy (non-hydrogen) atoms. The van der Waals surface area contributed by atoms with Gasteiger partial charge < -0.3 is 10.2 Å². The first-order valence-corrected chi connectivity index (χ1v) is 11.2. The molecule has 0 saturated carbocycles. The highest BCUT2D eigenvalue weighted by molar-refractivity contribution is 6.30. The summed E-state index contributed by atoms with van der Waals surface area (Å²) in [6, 6.07) is 11.1. The number of benzene rings is 2. The van der Waals surface area contributed by atoms with Gasteiger partial charge in [0.2, 0.25) is 11.8 Å². The minimum atomic E-state index is -4.53. The third-order valence-corrected chi connectivity index (χ3v) is 5.73. The van der Waals surface area contributed by atoms with E-state index in [1.165, 1.54) is 17.0 Å². The first kappa shape index (κ1) is 27.0. The molecule has 1 aromatic heterocycles. The van der Waals surface area contributed by atoms with Crippen LogP contribution in [0.1, 0.15) is 25.0 Å². The Balaban J connectivity index is 1.90. The van der Waals surface area contributed by atoms with Gasteiger partial charge in [-0.25, -0.2) is 9.48 Å². The lowest BCUT2D eigenvalue weighted by Crippen LogP contribution is -2.44. The zero-order chi connectivity index (χ0) is 26.8. The summed E-state index contributed by atoms with van der Waals surface area (Å²) in [6.07, 6.45) is -4.53. The van der Waals surface area contributed by atoms with Crippen LogP contribution in [0.5, 0.6) is 0 Å². The maximum atomic E-state index is 13.1. The molecule has 12 heteroatoms. The van der Waals surface area contributed by atoms with Crippen molar-refractivity contribution in [3.8, 4) is 11.4 Å². The average molecular weight is 524 g/mol. The molecule has 2 amide bonds. The van der Waals surface area contributed by atoms with E-state index in [9.17, 15) is 27.6 Å². The van der Waals surface area contributed by atoms with Gasteiger partial charge in [-0.2, -0.15) is 13.2 Å². The fraction of sp³-hybridized carbons (Fsp3) is 0.333. The van der Waals surface area contributed by atoms with Crippen molar-refractivity contribution in [2.45, 2.75) is 38.7 Å². The number of carbonyl (C=O) groups excluding carboxylic acids is 2. The Morgan fingerprint density at radius 1 is 1.03 bits per heavy atom. The van der Waals surface area contributed by atoms with Crippen molar-refractivity contribution in [2.75, 3.05) is 14.1 Å². The number of amides is 2. The number of rotatable bonds is 7. The number of aromatic nitrogens is 3. The van der Waals surface area contributed by atoms with Crippen LogP contribution < -0.4 is 11.0 Å². The second kappa shape index (κ2) is 10.2. The second-order valence-electron chi connectivity index (χ2n) is 8.90. The van der Waals surface area contributed by atoms with E-state index < -0.39 is 35.4 Å². The number of nitrogens with one attached hydrogen (secondary N) is 1. The summed E-state index contributed by atoms with van der Waals surface area (Å²) in [6.45, 7) is 2.29. The van der Waals surface area contributed by atoms with E-state index in [-0.39, 0.29) is 23.8 Å². The Labute approximate surface area is 210 Å². The third-order valence-electron chi connectivity index (χ3n) is 5.47. The molecule has 192 valence electrons. The van der Waals surface area contributed by atoms with Crippen LogP contribution in [0.2, 0.25) is 5.02 Å². The standard InChI is InChI=1S/C24H25ClF3N5O3/c1-23(2,16-6-5-7-17(12-16)24(26,27)28)29-19(34)13-33-22(36)32(14-20(35)31(3)4)21(30-33)15-8-10-18(25)11-9-15/h5-12H,13-14H2,1-4H3,(H,29,34). The molecule has 0 aliphatic rings. The molecule has 1 N–H and O–H groups in total. The Morgan fingerprint density at radius 2 is 1.64 bits per heavy atom. The van der Waals surface area contributed by atoms with Gasteiger partial charge in [0.05, 0.1) is 11.1 Å². The lowest BCUT2D eigenvalue weighted by molar-refractivity contribution is -0.137. The summed E-state index contributed by atoms with van der Waals surface area (Å²) in [5.74, 6) is -0.843. The van der Waals surface area contributed by atoms with Crippen molar-refractivity contribution in [2.24, 2.45) is 0 Å². The number of hydrogen-bond acceptors (Lipinski definition) is 4. The van der Waals surface area contributed by atoms with Gasteiger partial charge in [-0.1, -0.05) is 23.7 Å². The SMILES string of the molecule is CN(C)C(=O)Cn1c(-c2ccc(Cl)cc2)nn(CC(=O)NC(C)(C)c2cccc(C(F)(F)F)c2)c1=O. The lowest BCUT2D eigenvalue weighted by atomic mass is 9.92. The highest BCUT2D eigenvalue weighted by Crippen LogP contribution is 2.32. The van der Waals surface area contributed by atoms with Crippen LogP contribution in [0.4, 0.5) is 13.2 Å². The molecule has 0 spiro atoms.